The lowest BCUT2D eigenvalue weighted by Gasteiger charge is -1.95. The second kappa shape index (κ2) is 5.15. The molecule has 2 heterocycles. The smallest absolute Gasteiger partial charge is 0.302 e. The molecule has 0 aliphatic heterocycles. The van der Waals surface area contributed by atoms with Crippen LogP contribution < -0.4 is 10.1 Å². The summed E-state index contributed by atoms with van der Waals surface area (Å²) < 4.78 is 11.8. The van der Waals surface area contributed by atoms with Gasteiger partial charge < -0.3 is 9.15 Å². The Morgan fingerprint density at radius 3 is 2.95 bits per heavy atom. The minimum absolute atomic E-state index is 0.387. The Balaban J connectivity index is 1.70. The Labute approximate surface area is 134 Å². The SMILES string of the molecule is COc1ccc2oc(Nc3nc4c(Cl)cccc4s3)nc2c1. The van der Waals surface area contributed by atoms with Crippen LogP contribution in [-0.4, -0.2) is 17.1 Å². The van der Waals surface area contributed by atoms with Crippen LogP contribution in [0.5, 0.6) is 5.75 Å². The number of rotatable bonds is 3. The van der Waals surface area contributed by atoms with E-state index >= 15 is 0 Å². The molecule has 0 saturated heterocycles. The number of anilines is 2. The van der Waals surface area contributed by atoms with Crippen LogP contribution in [0.4, 0.5) is 11.1 Å². The Hall–Kier alpha value is -2.31. The first-order valence-corrected chi connectivity index (χ1v) is 7.69. The number of hydrogen-bond acceptors (Lipinski definition) is 6. The van der Waals surface area contributed by atoms with Crippen LogP contribution in [0.3, 0.4) is 0 Å². The molecule has 0 radical (unpaired) electrons. The molecule has 22 heavy (non-hydrogen) atoms. The number of nitrogens with zero attached hydrogens (tertiary/aromatic N) is 2. The lowest BCUT2D eigenvalue weighted by atomic mass is 10.3. The van der Waals surface area contributed by atoms with Crippen LogP contribution in [0, 0.1) is 0 Å². The molecule has 110 valence electrons. The normalized spacial score (nSPS) is 11.2. The number of oxazole rings is 1. The molecular weight excluding hydrogens is 322 g/mol. The van der Waals surface area contributed by atoms with Crippen LogP contribution in [0.25, 0.3) is 21.3 Å². The van der Waals surface area contributed by atoms with E-state index in [0.717, 1.165) is 21.5 Å². The highest BCUT2D eigenvalue weighted by Gasteiger charge is 2.11. The van der Waals surface area contributed by atoms with Gasteiger partial charge in [-0.25, -0.2) is 4.98 Å². The first-order chi connectivity index (χ1) is 10.7. The molecule has 0 aliphatic carbocycles. The summed E-state index contributed by atoms with van der Waals surface area (Å²) in [6.07, 6.45) is 0. The number of methoxy groups -OCH3 is 1. The molecule has 4 rings (SSSR count). The Morgan fingerprint density at radius 1 is 1.23 bits per heavy atom. The van der Waals surface area contributed by atoms with Crippen molar-refractivity contribution in [2.24, 2.45) is 0 Å². The maximum absolute atomic E-state index is 6.13. The fourth-order valence-corrected chi connectivity index (χ4v) is 3.30. The van der Waals surface area contributed by atoms with Gasteiger partial charge in [0.2, 0.25) is 0 Å². The van der Waals surface area contributed by atoms with Gasteiger partial charge in [-0.1, -0.05) is 29.0 Å². The first kappa shape index (κ1) is 13.4. The van der Waals surface area contributed by atoms with Crippen LogP contribution in [0.2, 0.25) is 5.02 Å². The zero-order valence-electron chi connectivity index (χ0n) is 11.5. The highest BCUT2D eigenvalue weighted by Crippen LogP contribution is 2.33. The van der Waals surface area contributed by atoms with E-state index in [-0.39, 0.29) is 0 Å². The minimum atomic E-state index is 0.387. The van der Waals surface area contributed by atoms with Gasteiger partial charge >= 0.3 is 6.01 Å². The Bertz CT molecular complexity index is 979. The number of halogens is 1. The molecule has 0 fully saturated rings. The van der Waals surface area contributed by atoms with Gasteiger partial charge in [-0.2, -0.15) is 4.98 Å². The van der Waals surface area contributed by atoms with E-state index in [9.17, 15) is 0 Å². The summed E-state index contributed by atoms with van der Waals surface area (Å²) in [5.41, 5.74) is 2.18. The van der Waals surface area contributed by atoms with Crippen LogP contribution in [-0.2, 0) is 0 Å². The highest BCUT2D eigenvalue weighted by molar-refractivity contribution is 7.22. The molecule has 2 aromatic heterocycles. The van der Waals surface area contributed by atoms with Gasteiger partial charge in [0.05, 0.1) is 16.8 Å². The maximum atomic E-state index is 6.13. The molecule has 4 aromatic rings. The number of para-hydroxylation sites is 1. The van der Waals surface area contributed by atoms with E-state index in [1.807, 2.05) is 36.4 Å². The second-order valence-corrected chi connectivity index (χ2v) is 6.02. The molecule has 1 N–H and O–H groups in total. The van der Waals surface area contributed by atoms with Crippen molar-refractivity contribution in [3.63, 3.8) is 0 Å². The van der Waals surface area contributed by atoms with Gasteiger partial charge in [0.25, 0.3) is 0 Å². The largest absolute Gasteiger partial charge is 0.497 e. The summed E-state index contributed by atoms with van der Waals surface area (Å²) in [6.45, 7) is 0. The monoisotopic (exact) mass is 331 g/mol. The second-order valence-electron chi connectivity index (χ2n) is 4.58. The zero-order chi connectivity index (χ0) is 15.1. The number of nitrogens with one attached hydrogen (secondary N) is 1. The molecule has 2 aromatic carbocycles. The predicted molar refractivity (Wildman–Crippen MR) is 88.5 cm³/mol. The molecular formula is C15H10ClN3O2S. The summed E-state index contributed by atoms with van der Waals surface area (Å²) in [4.78, 5) is 8.85. The van der Waals surface area contributed by atoms with Crippen molar-refractivity contribution in [1.82, 2.24) is 9.97 Å². The third kappa shape index (κ3) is 2.26. The van der Waals surface area contributed by atoms with Crippen molar-refractivity contribution < 1.29 is 9.15 Å². The number of thiazole rings is 1. The fourth-order valence-electron chi connectivity index (χ4n) is 2.15. The quantitative estimate of drug-likeness (QED) is 0.582. The van der Waals surface area contributed by atoms with E-state index in [2.05, 4.69) is 15.3 Å². The summed E-state index contributed by atoms with van der Waals surface area (Å²) >= 11 is 7.63. The van der Waals surface area contributed by atoms with Gasteiger partial charge in [0.15, 0.2) is 10.7 Å². The van der Waals surface area contributed by atoms with Gasteiger partial charge in [0.1, 0.15) is 16.8 Å². The minimum Gasteiger partial charge on any atom is -0.497 e. The number of hydrogen-bond donors (Lipinski definition) is 1. The number of fused-ring (bicyclic) bond motifs is 2. The number of ether oxygens (including phenoxy) is 1. The summed E-state index contributed by atoms with van der Waals surface area (Å²) in [5, 5.41) is 4.39. The van der Waals surface area contributed by atoms with Crippen LogP contribution in [0.1, 0.15) is 0 Å². The van der Waals surface area contributed by atoms with E-state index in [1.165, 1.54) is 11.3 Å². The zero-order valence-corrected chi connectivity index (χ0v) is 13.0. The summed E-state index contributed by atoms with van der Waals surface area (Å²) in [7, 11) is 1.62. The third-order valence-corrected chi connectivity index (χ3v) is 4.42. The van der Waals surface area contributed by atoms with Crippen molar-refractivity contribution in [3.05, 3.63) is 41.4 Å². The van der Waals surface area contributed by atoms with E-state index < -0.39 is 0 Å². The Morgan fingerprint density at radius 2 is 2.14 bits per heavy atom. The molecule has 0 unspecified atom stereocenters. The molecule has 0 atom stereocenters. The molecule has 0 spiro atoms. The first-order valence-electron chi connectivity index (χ1n) is 6.49. The lowest BCUT2D eigenvalue weighted by molar-refractivity contribution is 0.415. The average Bonchev–Trinajstić information content (AvgIpc) is 3.10. The molecule has 0 amide bonds. The van der Waals surface area contributed by atoms with Gasteiger partial charge in [0, 0.05) is 6.07 Å². The third-order valence-electron chi connectivity index (χ3n) is 3.18. The average molecular weight is 332 g/mol. The number of aromatic nitrogens is 2. The van der Waals surface area contributed by atoms with E-state index in [4.69, 9.17) is 20.8 Å². The predicted octanol–water partition coefficient (Wildman–Crippen LogP) is 4.84. The van der Waals surface area contributed by atoms with Crippen molar-refractivity contribution in [1.29, 1.82) is 0 Å². The molecule has 0 aliphatic rings. The standard InChI is InChI=1S/C15H10ClN3O2S/c1-20-8-5-6-11-10(7-8)17-14(21-11)19-15-18-13-9(16)3-2-4-12(13)22-15/h2-7H,1H3,(H,17,18,19). The Kier molecular flexibility index (Phi) is 3.13. The number of benzene rings is 2. The van der Waals surface area contributed by atoms with Crippen molar-refractivity contribution >= 4 is 55.4 Å². The highest BCUT2D eigenvalue weighted by atomic mass is 35.5. The topological polar surface area (TPSA) is 60.2 Å². The molecule has 5 nitrogen and oxygen atoms in total. The maximum Gasteiger partial charge on any atom is 0.302 e. The van der Waals surface area contributed by atoms with Gasteiger partial charge in [-0.05, 0) is 24.3 Å². The molecule has 7 heteroatoms. The van der Waals surface area contributed by atoms with E-state index in [1.54, 1.807) is 7.11 Å². The summed E-state index contributed by atoms with van der Waals surface area (Å²) in [5.74, 6) is 0.735. The van der Waals surface area contributed by atoms with Gasteiger partial charge in [-0.15, -0.1) is 0 Å². The van der Waals surface area contributed by atoms with Crippen LogP contribution >= 0.6 is 22.9 Å². The lowest BCUT2D eigenvalue weighted by Crippen LogP contribution is -1.88. The fraction of sp³-hybridized carbons (Fsp3) is 0.0667. The van der Waals surface area contributed by atoms with Crippen LogP contribution in [0.15, 0.2) is 40.8 Å². The van der Waals surface area contributed by atoms with E-state index in [0.29, 0.717) is 21.8 Å². The van der Waals surface area contributed by atoms with Crippen molar-refractivity contribution in [3.8, 4) is 5.75 Å². The van der Waals surface area contributed by atoms with Gasteiger partial charge in [-0.3, -0.25) is 5.32 Å². The molecule has 0 saturated carbocycles. The summed E-state index contributed by atoms with van der Waals surface area (Å²) in [6, 6.07) is 11.5. The van der Waals surface area contributed by atoms with Crippen molar-refractivity contribution in [2.75, 3.05) is 12.4 Å². The molecule has 0 bridgehead atoms. The van der Waals surface area contributed by atoms with Crippen molar-refractivity contribution in [2.45, 2.75) is 0 Å².